The van der Waals surface area contributed by atoms with Crippen LogP contribution in [0.5, 0.6) is 0 Å². The Kier molecular flexibility index (Phi) is 9.72. The average molecular weight is 575 g/mol. The van der Waals surface area contributed by atoms with Crippen molar-refractivity contribution in [2.75, 3.05) is 0 Å². The quantitative estimate of drug-likeness (QED) is 0.142. The Morgan fingerprint density at radius 1 is 0.432 bits per heavy atom. The Morgan fingerprint density at radius 2 is 0.682 bits per heavy atom. The highest BCUT2D eigenvalue weighted by molar-refractivity contribution is 6.09. The van der Waals surface area contributed by atoms with Crippen molar-refractivity contribution in [2.45, 2.75) is 83.1 Å². The number of fused-ring (bicyclic) bond motifs is 2. The van der Waals surface area contributed by atoms with Crippen molar-refractivity contribution in [3.8, 4) is 48.4 Å². The Hall–Kier alpha value is -4.54. The van der Waals surface area contributed by atoms with Crippen LogP contribution in [0.25, 0.3) is 21.5 Å². The van der Waals surface area contributed by atoms with E-state index in [1.165, 1.54) is 0 Å². The van der Waals surface area contributed by atoms with Crippen LogP contribution in [-0.4, -0.2) is 0 Å². The predicted molar refractivity (Wildman–Crippen MR) is 192 cm³/mol. The summed E-state index contributed by atoms with van der Waals surface area (Å²) in [6, 6.07) is 16.8. The highest BCUT2D eigenvalue weighted by atomic mass is 14.2. The summed E-state index contributed by atoms with van der Waals surface area (Å²) in [6.07, 6.45) is 11.8. The van der Waals surface area contributed by atoms with Crippen molar-refractivity contribution in [1.82, 2.24) is 0 Å². The molecule has 3 aromatic rings. The van der Waals surface area contributed by atoms with Gasteiger partial charge in [-0.15, -0.1) is 12.8 Å². The summed E-state index contributed by atoms with van der Waals surface area (Å²) in [5, 5.41) is 4.24. The van der Waals surface area contributed by atoms with E-state index in [9.17, 15) is 0 Å². The first-order valence-electron chi connectivity index (χ1n) is 15.2. The van der Waals surface area contributed by atoms with Crippen LogP contribution in [0.3, 0.4) is 0 Å². The van der Waals surface area contributed by atoms with Gasteiger partial charge in [-0.25, -0.2) is 0 Å². The summed E-state index contributed by atoms with van der Waals surface area (Å²) in [6.45, 7) is 25.5. The molecule has 3 aromatic carbocycles. The van der Waals surface area contributed by atoms with Crippen molar-refractivity contribution >= 4 is 21.5 Å². The third-order valence-electron chi connectivity index (χ3n) is 7.35. The molecule has 0 bridgehead atoms. The number of hydrogen-bond acceptors (Lipinski definition) is 0. The van der Waals surface area contributed by atoms with E-state index in [2.05, 4.69) is 179 Å². The molecule has 0 heterocycles. The molecule has 44 heavy (non-hydrogen) atoms. The van der Waals surface area contributed by atoms with E-state index >= 15 is 0 Å². The molecule has 222 valence electrons. The highest BCUT2D eigenvalue weighted by Crippen LogP contribution is 2.34. The second kappa shape index (κ2) is 12.6. The molecule has 0 saturated carbocycles. The minimum Gasteiger partial charge on any atom is -0.114 e. The maximum absolute atomic E-state index is 5.91. The van der Waals surface area contributed by atoms with Gasteiger partial charge in [-0.05, 0) is 21.5 Å². The third kappa shape index (κ3) is 7.89. The molecule has 0 unspecified atom stereocenters. The van der Waals surface area contributed by atoms with E-state index in [-0.39, 0.29) is 21.7 Å². The zero-order valence-electron chi connectivity index (χ0n) is 28.8. The smallest absolute Gasteiger partial charge is 0.0505 e. The molecule has 0 aliphatic carbocycles. The van der Waals surface area contributed by atoms with Gasteiger partial charge in [-0.1, -0.05) is 179 Å². The lowest BCUT2D eigenvalue weighted by atomic mass is 9.82. The molecular weight excluding hydrogens is 528 g/mol. The van der Waals surface area contributed by atoms with Gasteiger partial charge in [0.25, 0.3) is 0 Å². The third-order valence-corrected chi connectivity index (χ3v) is 7.35. The number of benzene rings is 3. The number of terminal acetylenes is 2. The molecule has 0 aromatic heterocycles. The van der Waals surface area contributed by atoms with Crippen molar-refractivity contribution in [1.29, 1.82) is 0 Å². The number of rotatable bonds is 0. The van der Waals surface area contributed by atoms with Crippen LogP contribution in [0.1, 0.15) is 94.2 Å². The van der Waals surface area contributed by atoms with Crippen molar-refractivity contribution < 1.29 is 0 Å². The molecule has 0 N–H and O–H groups in total. The van der Waals surface area contributed by atoms with E-state index in [1.54, 1.807) is 0 Å². The van der Waals surface area contributed by atoms with Crippen LogP contribution in [0.15, 0.2) is 82.3 Å². The van der Waals surface area contributed by atoms with Crippen LogP contribution >= 0.6 is 0 Å². The van der Waals surface area contributed by atoms with Crippen molar-refractivity contribution in [3.63, 3.8) is 0 Å². The minimum atomic E-state index is -0.231. The maximum Gasteiger partial charge on any atom is 0.0505 e. The zero-order valence-corrected chi connectivity index (χ0v) is 28.8. The van der Waals surface area contributed by atoms with Crippen LogP contribution in [0.2, 0.25) is 0 Å². The second-order valence-electron chi connectivity index (χ2n) is 15.4. The molecular formula is C44H46. The van der Waals surface area contributed by atoms with Crippen LogP contribution in [0.4, 0.5) is 0 Å². The van der Waals surface area contributed by atoms with Crippen LogP contribution < -0.4 is 0 Å². The molecule has 3 rings (SSSR count). The van der Waals surface area contributed by atoms with Gasteiger partial charge in [0, 0.05) is 43.9 Å². The largest absolute Gasteiger partial charge is 0.114 e. The summed E-state index contributed by atoms with van der Waals surface area (Å²) in [7, 11) is 0. The SMILES string of the molecule is C#CC(=C=C(C#Cc1c2ccccc2c(C#CC(=C=C(C#C)C(C)(C)C)C(C)(C)C)c2ccccc12)C(C)(C)C)C(C)(C)C. The number of hydrogen-bond donors (Lipinski definition) is 0. The fraction of sp³-hybridized carbons (Fsp3) is 0.364. The van der Waals surface area contributed by atoms with E-state index < -0.39 is 0 Å². The standard InChI is InChI=1S/C44H46/c1-15-31(41(3,4)5)29-33(43(9,10)11)25-27-39-35-21-17-19-23-37(35)40(38-24-20-18-22-36(38)39)28-26-34(44(12,13)14)30-32(16-2)42(6,7)8/h1-2,17-24H,3-14H3. The van der Waals surface area contributed by atoms with Crippen LogP contribution in [-0.2, 0) is 0 Å². The van der Waals surface area contributed by atoms with E-state index in [1.807, 2.05) is 0 Å². The van der Waals surface area contributed by atoms with Gasteiger partial charge in [0.05, 0.1) is 11.1 Å². The fourth-order valence-corrected chi connectivity index (χ4v) is 4.59. The molecule has 0 aliphatic rings. The Bertz CT molecular complexity index is 1750. The topological polar surface area (TPSA) is 0 Å². The van der Waals surface area contributed by atoms with Crippen molar-refractivity contribution in [2.24, 2.45) is 21.7 Å². The molecule has 0 aliphatic heterocycles. The molecule has 0 saturated heterocycles. The van der Waals surface area contributed by atoms with E-state index in [0.29, 0.717) is 0 Å². The summed E-state index contributed by atoms with van der Waals surface area (Å²) in [4.78, 5) is 0. The Balaban J connectivity index is 2.48. The van der Waals surface area contributed by atoms with E-state index in [0.717, 1.165) is 55.0 Å². The predicted octanol–water partition coefficient (Wildman–Crippen LogP) is 11.1. The lowest BCUT2D eigenvalue weighted by molar-refractivity contribution is 0.508. The van der Waals surface area contributed by atoms with Gasteiger partial charge in [0.1, 0.15) is 0 Å². The summed E-state index contributed by atoms with van der Waals surface area (Å²) in [5.74, 6) is 19.8. The molecule has 0 heteroatoms. The first-order valence-corrected chi connectivity index (χ1v) is 15.2. The Morgan fingerprint density at radius 3 is 0.886 bits per heavy atom. The lowest BCUT2D eigenvalue weighted by Gasteiger charge is -2.20. The van der Waals surface area contributed by atoms with E-state index in [4.69, 9.17) is 12.8 Å². The highest BCUT2D eigenvalue weighted by Gasteiger charge is 2.21. The first kappa shape index (κ1) is 34.0. The molecule has 0 fully saturated rings. The maximum atomic E-state index is 5.91. The van der Waals surface area contributed by atoms with Gasteiger partial charge < -0.3 is 0 Å². The Labute approximate surface area is 267 Å². The molecule has 0 radical (unpaired) electrons. The van der Waals surface area contributed by atoms with Gasteiger partial charge in [0.2, 0.25) is 0 Å². The monoisotopic (exact) mass is 574 g/mol. The van der Waals surface area contributed by atoms with Gasteiger partial charge >= 0.3 is 0 Å². The fourth-order valence-electron chi connectivity index (χ4n) is 4.59. The lowest BCUT2D eigenvalue weighted by Crippen LogP contribution is -2.11. The van der Waals surface area contributed by atoms with Gasteiger partial charge in [-0.3, -0.25) is 0 Å². The van der Waals surface area contributed by atoms with Crippen molar-refractivity contribution in [3.05, 3.63) is 93.4 Å². The molecule has 0 nitrogen and oxygen atoms in total. The van der Waals surface area contributed by atoms with Crippen LogP contribution in [0, 0.1) is 70.0 Å². The summed E-state index contributed by atoms with van der Waals surface area (Å²) < 4.78 is 0. The number of allylic oxidation sites excluding steroid dienone is 2. The summed E-state index contributed by atoms with van der Waals surface area (Å²) >= 11 is 0. The normalized spacial score (nSPS) is 11.5. The zero-order chi connectivity index (χ0) is 33.1. The molecule has 0 atom stereocenters. The minimum absolute atomic E-state index is 0.198. The first-order chi connectivity index (χ1) is 20.3. The van der Waals surface area contributed by atoms with Gasteiger partial charge in [0.15, 0.2) is 0 Å². The van der Waals surface area contributed by atoms with Gasteiger partial charge in [-0.2, -0.15) is 0 Å². The molecule has 0 spiro atoms. The average Bonchev–Trinajstić information content (AvgIpc) is 2.90. The molecule has 0 amide bonds. The second-order valence-corrected chi connectivity index (χ2v) is 15.4. The summed E-state index contributed by atoms with van der Waals surface area (Å²) in [5.41, 5.74) is 11.5.